The number of benzene rings is 3. The predicted molar refractivity (Wildman–Crippen MR) is 124 cm³/mol. The summed E-state index contributed by atoms with van der Waals surface area (Å²) in [5.74, 6) is 0.0971. The van der Waals surface area contributed by atoms with Crippen molar-refractivity contribution in [1.29, 1.82) is 0 Å². The van der Waals surface area contributed by atoms with Gasteiger partial charge in [-0.1, -0.05) is 54.6 Å². The first-order valence-corrected chi connectivity index (χ1v) is 11.0. The van der Waals surface area contributed by atoms with Gasteiger partial charge in [0.2, 0.25) is 5.91 Å². The van der Waals surface area contributed by atoms with E-state index in [1.165, 1.54) is 42.6 Å². The molecular weight excluding hydrogens is 370 g/mol. The van der Waals surface area contributed by atoms with Gasteiger partial charge in [0.05, 0.1) is 26.1 Å². The maximum absolute atomic E-state index is 12.8. The minimum Gasteiger partial charge on any atom is -0.378 e. The maximum Gasteiger partial charge on any atom is 0.224 e. The average Bonchev–Trinajstić information content (AvgIpc) is 3.29. The van der Waals surface area contributed by atoms with E-state index in [1.807, 2.05) is 18.2 Å². The predicted octanol–water partition coefficient (Wildman–Crippen LogP) is 2.98. The third kappa shape index (κ3) is 4.65. The van der Waals surface area contributed by atoms with Crippen LogP contribution in [-0.4, -0.2) is 39.6 Å². The highest BCUT2D eigenvalue weighted by Crippen LogP contribution is 2.20. The van der Waals surface area contributed by atoms with Crippen LogP contribution in [0.2, 0.25) is 0 Å². The molecule has 1 heterocycles. The molecule has 0 bridgehead atoms. The van der Waals surface area contributed by atoms with Crippen LogP contribution in [0.15, 0.2) is 66.7 Å². The van der Waals surface area contributed by atoms with Crippen LogP contribution in [0.3, 0.4) is 0 Å². The fourth-order valence-electron chi connectivity index (χ4n) is 4.58. The van der Waals surface area contributed by atoms with Gasteiger partial charge in [0.1, 0.15) is 6.04 Å². The summed E-state index contributed by atoms with van der Waals surface area (Å²) in [6.07, 6.45) is 2.96. The third-order valence-electron chi connectivity index (χ3n) is 6.28. The number of carbonyl (C=O) groups excluding carboxylic acids is 1. The Hall–Kier alpha value is -2.85. The third-order valence-corrected chi connectivity index (χ3v) is 6.28. The van der Waals surface area contributed by atoms with E-state index in [2.05, 4.69) is 72.8 Å². The van der Waals surface area contributed by atoms with Crippen LogP contribution in [-0.2, 0) is 11.2 Å². The minimum absolute atomic E-state index is 0.0971. The first-order chi connectivity index (χ1) is 14.6. The van der Waals surface area contributed by atoms with Gasteiger partial charge in [-0.15, -0.1) is 0 Å². The molecule has 1 fully saturated rings. The number of amides is 1. The number of nitrogens with zero attached hydrogens (tertiary/aromatic N) is 1. The average molecular weight is 403 g/mol. The quantitative estimate of drug-likeness (QED) is 0.638. The van der Waals surface area contributed by atoms with E-state index >= 15 is 0 Å². The van der Waals surface area contributed by atoms with E-state index in [-0.39, 0.29) is 5.91 Å². The summed E-state index contributed by atoms with van der Waals surface area (Å²) in [6, 6.07) is 23.6. The maximum atomic E-state index is 12.8. The van der Waals surface area contributed by atoms with Crippen LogP contribution in [0.5, 0.6) is 0 Å². The standard InChI is InChI=1S/C26H31N3O/c1-28(2)23-14-12-21(13-15-23)25(29-16-5-6-17-29)19-27-26(30)18-22-10-7-9-20-8-3-4-11-24(20)22/h3-4,7-15,25H,5-6,16-19H2,1-2H3,(H,27,30)/p+1/t25-/m1/s1. The summed E-state index contributed by atoms with van der Waals surface area (Å²) in [5, 5.41) is 5.59. The molecule has 0 spiro atoms. The molecule has 1 aliphatic heterocycles. The second-order valence-corrected chi connectivity index (χ2v) is 8.52. The Morgan fingerprint density at radius 1 is 0.967 bits per heavy atom. The molecule has 0 aliphatic carbocycles. The van der Waals surface area contributed by atoms with Crippen LogP contribution in [0, 0.1) is 0 Å². The topological polar surface area (TPSA) is 36.8 Å². The smallest absolute Gasteiger partial charge is 0.224 e. The first kappa shape index (κ1) is 20.4. The molecule has 0 unspecified atom stereocenters. The molecule has 1 atom stereocenters. The van der Waals surface area contributed by atoms with Crippen LogP contribution >= 0.6 is 0 Å². The number of carbonyl (C=O) groups is 1. The number of fused-ring (bicyclic) bond motifs is 1. The number of rotatable bonds is 7. The van der Waals surface area contributed by atoms with Crippen molar-refractivity contribution >= 4 is 22.4 Å². The van der Waals surface area contributed by atoms with Gasteiger partial charge in [0.15, 0.2) is 0 Å². The molecule has 2 N–H and O–H groups in total. The van der Waals surface area contributed by atoms with Gasteiger partial charge in [0.25, 0.3) is 0 Å². The number of hydrogen-bond acceptors (Lipinski definition) is 2. The van der Waals surface area contributed by atoms with Crippen molar-refractivity contribution in [3.05, 3.63) is 77.9 Å². The first-order valence-electron chi connectivity index (χ1n) is 11.0. The van der Waals surface area contributed by atoms with Crippen molar-refractivity contribution < 1.29 is 9.69 Å². The molecule has 30 heavy (non-hydrogen) atoms. The van der Waals surface area contributed by atoms with Gasteiger partial charge in [-0.2, -0.15) is 0 Å². The number of anilines is 1. The van der Waals surface area contributed by atoms with Crippen molar-refractivity contribution in [3.8, 4) is 0 Å². The minimum atomic E-state index is 0.0971. The SMILES string of the molecule is CN(C)c1ccc([C@@H](CNC(=O)Cc2cccc3ccccc23)[NH+]2CCCC2)cc1. The molecule has 3 aromatic carbocycles. The van der Waals surface area contributed by atoms with Gasteiger partial charge in [-0.3, -0.25) is 4.79 Å². The van der Waals surface area contributed by atoms with Gasteiger partial charge in [0, 0.05) is 38.2 Å². The molecule has 3 aromatic rings. The number of likely N-dealkylation sites (tertiary alicyclic amines) is 1. The Labute approximate surface area is 179 Å². The summed E-state index contributed by atoms with van der Waals surface area (Å²) >= 11 is 0. The van der Waals surface area contributed by atoms with E-state index in [4.69, 9.17) is 0 Å². The summed E-state index contributed by atoms with van der Waals surface area (Å²) in [4.78, 5) is 16.5. The lowest BCUT2D eigenvalue weighted by Crippen LogP contribution is -3.11. The Bertz CT molecular complexity index is 985. The molecule has 1 saturated heterocycles. The molecule has 4 nitrogen and oxygen atoms in total. The summed E-state index contributed by atoms with van der Waals surface area (Å²) in [6.45, 7) is 3.04. The highest BCUT2D eigenvalue weighted by molar-refractivity contribution is 5.90. The zero-order chi connectivity index (χ0) is 20.9. The molecule has 0 radical (unpaired) electrons. The van der Waals surface area contributed by atoms with Gasteiger partial charge in [-0.25, -0.2) is 0 Å². The second kappa shape index (κ2) is 9.31. The number of quaternary nitrogens is 1. The fourth-order valence-corrected chi connectivity index (χ4v) is 4.58. The molecular formula is C26H32N3O+. The molecule has 4 heteroatoms. The molecule has 0 aromatic heterocycles. The normalized spacial score (nSPS) is 15.3. The van der Waals surface area contributed by atoms with E-state index in [0.29, 0.717) is 19.0 Å². The van der Waals surface area contributed by atoms with Crippen LogP contribution in [0.4, 0.5) is 5.69 Å². The highest BCUT2D eigenvalue weighted by Gasteiger charge is 2.27. The fraction of sp³-hybridized carbons (Fsp3) is 0.346. The number of hydrogen-bond donors (Lipinski definition) is 2. The Morgan fingerprint density at radius 3 is 2.40 bits per heavy atom. The number of nitrogens with one attached hydrogen (secondary N) is 2. The highest BCUT2D eigenvalue weighted by atomic mass is 16.1. The van der Waals surface area contributed by atoms with Crippen LogP contribution in [0.25, 0.3) is 10.8 Å². The van der Waals surface area contributed by atoms with E-state index in [9.17, 15) is 4.79 Å². The molecule has 4 rings (SSSR count). The Balaban J connectivity index is 1.46. The summed E-state index contributed by atoms with van der Waals surface area (Å²) < 4.78 is 0. The lowest BCUT2D eigenvalue weighted by molar-refractivity contribution is -0.918. The van der Waals surface area contributed by atoms with Crippen molar-refractivity contribution in [2.75, 3.05) is 38.6 Å². The van der Waals surface area contributed by atoms with Crippen LogP contribution < -0.4 is 15.1 Å². The van der Waals surface area contributed by atoms with Crippen molar-refractivity contribution in [2.24, 2.45) is 0 Å². The van der Waals surface area contributed by atoms with Crippen molar-refractivity contribution in [2.45, 2.75) is 25.3 Å². The lowest BCUT2D eigenvalue weighted by Gasteiger charge is -2.26. The zero-order valence-electron chi connectivity index (χ0n) is 18.0. The Kier molecular flexibility index (Phi) is 6.34. The van der Waals surface area contributed by atoms with Crippen molar-refractivity contribution in [1.82, 2.24) is 5.32 Å². The molecule has 1 aliphatic rings. The molecule has 1 amide bonds. The molecule has 0 saturated carbocycles. The zero-order valence-corrected chi connectivity index (χ0v) is 18.0. The largest absolute Gasteiger partial charge is 0.378 e. The summed E-state index contributed by atoms with van der Waals surface area (Å²) in [7, 11) is 4.12. The van der Waals surface area contributed by atoms with E-state index < -0.39 is 0 Å². The van der Waals surface area contributed by atoms with Gasteiger partial charge >= 0.3 is 0 Å². The van der Waals surface area contributed by atoms with Crippen LogP contribution in [0.1, 0.15) is 30.0 Å². The van der Waals surface area contributed by atoms with Gasteiger partial charge < -0.3 is 15.1 Å². The monoisotopic (exact) mass is 402 g/mol. The molecule has 156 valence electrons. The van der Waals surface area contributed by atoms with E-state index in [1.54, 1.807) is 4.90 Å². The van der Waals surface area contributed by atoms with Gasteiger partial charge in [-0.05, 0) is 28.5 Å². The lowest BCUT2D eigenvalue weighted by atomic mass is 10.0. The van der Waals surface area contributed by atoms with E-state index in [0.717, 1.165) is 10.9 Å². The second-order valence-electron chi connectivity index (χ2n) is 8.52. The van der Waals surface area contributed by atoms with Crippen molar-refractivity contribution in [3.63, 3.8) is 0 Å². The summed E-state index contributed by atoms with van der Waals surface area (Å²) in [5.41, 5.74) is 3.60. The Morgan fingerprint density at radius 2 is 1.67 bits per heavy atom.